The smallest absolute Gasteiger partial charge is 0.181 e. The second-order valence-corrected chi connectivity index (χ2v) is 5.60. The van der Waals surface area contributed by atoms with Crippen molar-refractivity contribution in [3.05, 3.63) is 33.8 Å². The fourth-order valence-corrected chi connectivity index (χ4v) is 2.83. The van der Waals surface area contributed by atoms with Gasteiger partial charge in [-0.15, -0.1) is 0 Å². The summed E-state index contributed by atoms with van der Waals surface area (Å²) in [4.78, 5) is 0. The Morgan fingerprint density at radius 1 is 1.18 bits per heavy atom. The summed E-state index contributed by atoms with van der Waals surface area (Å²) >= 11 is 3.49. The predicted octanol–water partition coefficient (Wildman–Crippen LogP) is 2.58. The summed E-state index contributed by atoms with van der Waals surface area (Å²) in [7, 11) is 0. The van der Waals surface area contributed by atoms with Crippen LogP contribution in [-0.2, 0) is 22.7 Å². The van der Waals surface area contributed by atoms with E-state index in [0.29, 0.717) is 13.2 Å². The van der Waals surface area contributed by atoms with Gasteiger partial charge in [0.1, 0.15) is 0 Å². The van der Waals surface area contributed by atoms with Gasteiger partial charge in [0.25, 0.3) is 0 Å². The molecule has 0 aromatic heterocycles. The number of ether oxygens (including phenoxy) is 2. The first-order chi connectivity index (χ1) is 8.27. The summed E-state index contributed by atoms with van der Waals surface area (Å²) in [5.41, 5.74) is 2.46. The summed E-state index contributed by atoms with van der Waals surface area (Å²) in [5.74, 6) is -0.413. The normalized spacial score (nSPS) is 28.8. The molecule has 1 atom stereocenters. The number of piperidine rings is 1. The van der Waals surface area contributed by atoms with E-state index in [2.05, 4.69) is 39.4 Å². The highest BCUT2D eigenvalue weighted by molar-refractivity contribution is 9.10. The SMILES string of the molecule is Brc1ccc2c(c1)COC1(CCCNC1)OC2. The molecule has 1 aromatic carbocycles. The van der Waals surface area contributed by atoms with E-state index in [1.165, 1.54) is 11.1 Å². The Bertz CT molecular complexity index is 416. The van der Waals surface area contributed by atoms with Crippen molar-refractivity contribution >= 4 is 15.9 Å². The molecule has 17 heavy (non-hydrogen) atoms. The second-order valence-electron chi connectivity index (χ2n) is 4.68. The van der Waals surface area contributed by atoms with E-state index >= 15 is 0 Å². The molecule has 4 heteroatoms. The number of hydrogen-bond donors (Lipinski definition) is 1. The van der Waals surface area contributed by atoms with Gasteiger partial charge in [-0.1, -0.05) is 22.0 Å². The molecule has 0 amide bonds. The van der Waals surface area contributed by atoms with Crippen molar-refractivity contribution in [2.75, 3.05) is 13.1 Å². The van der Waals surface area contributed by atoms with E-state index in [1.54, 1.807) is 0 Å². The predicted molar refractivity (Wildman–Crippen MR) is 68.6 cm³/mol. The first-order valence-corrected chi connectivity index (χ1v) is 6.83. The third kappa shape index (κ3) is 2.40. The van der Waals surface area contributed by atoms with Crippen LogP contribution in [0.25, 0.3) is 0 Å². The maximum absolute atomic E-state index is 6.01. The van der Waals surface area contributed by atoms with E-state index in [-0.39, 0.29) is 0 Å². The molecule has 1 saturated heterocycles. The lowest BCUT2D eigenvalue weighted by Crippen LogP contribution is -2.48. The number of rotatable bonds is 0. The molecule has 0 aliphatic carbocycles. The molecule has 0 saturated carbocycles. The number of hydrogen-bond acceptors (Lipinski definition) is 3. The molecule has 1 N–H and O–H groups in total. The zero-order chi connectivity index (χ0) is 11.7. The van der Waals surface area contributed by atoms with E-state index in [9.17, 15) is 0 Å². The third-order valence-electron chi connectivity index (χ3n) is 3.46. The lowest BCUT2D eigenvalue weighted by molar-refractivity contribution is -0.250. The number of benzene rings is 1. The quantitative estimate of drug-likeness (QED) is 0.798. The Kier molecular flexibility index (Phi) is 3.21. The van der Waals surface area contributed by atoms with Crippen molar-refractivity contribution in [1.82, 2.24) is 5.32 Å². The minimum atomic E-state index is -0.413. The highest BCUT2D eigenvalue weighted by Gasteiger charge is 2.36. The van der Waals surface area contributed by atoms with Crippen LogP contribution in [0.4, 0.5) is 0 Å². The van der Waals surface area contributed by atoms with E-state index < -0.39 is 5.79 Å². The third-order valence-corrected chi connectivity index (χ3v) is 3.95. The molecule has 2 aliphatic heterocycles. The van der Waals surface area contributed by atoms with Crippen molar-refractivity contribution in [2.24, 2.45) is 0 Å². The van der Waals surface area contributed by atoms with Gasteiger partial charge in [0.15, 0.2) is 5.79 Å². The van der Waals surface area contributed by atoms with Crippen LogP contribution in [0.2, 0.25) is 0 Å². The Labute approximate surface area is 110 Å². The second kappa shape index (κ2) is 4.69. The number of halogens is 1. The van der Waals surface area contributed by atoms with Crippen molar-refractivity contribution in [3.8, 4) is 0 Å². The minimum absolute atomic E-state index is 0.413. The fourth-order valence-electron chi connectivity index (χ4n) is 2.43. The van der Waals surface area contributed by atoms with E-state index in [0.717, 1.165) is 30.4 Å². The largest absolute Gasteiger partial charge is 0.344 e. The van der Waals surface area contributed by atoms with Crippen molar-refractivity contribution in [2.45, 2.75) is 31.8 Å². The maximum Gasteiger partial charge on any atom is 0.181 e. The summed E-state index contributed by atoms with van der Waals surface area (Å²) in [6.45, 7) is 3.13. The molecule has 0 radical (unpaired) electrons. The first-order valence-electron chi connectivity index (χ1n) is 6.03. The summed E-state index contributed by atoms with van der Waals surface area (Å²) < 4.78 is 13.1. The molecule has 3 nitrogen and oxygen atoms in total. The standard InChI is InChI=1S/C13H16BrNO2/c14-12-3-2-10-7-16-13(4-1-5-15-9-13)17-8-11(10)6-12/h2-3,6,15H,1,4-5,7-9H2. The topological polar surface area (TPSA) is 30.5 Å². The van der Waals surface area contributed by atoms with Gasteiger partial charge < -0.3 is 14.8 Å². The van der Waals surface area contributed by atoms with Crippen LogP contribution in [0, 0.1) is 0 Å². The van der Waals surface area contributed by atoms with Crippen LogP contribution in [0.15, 0.2) is 22.7 Å². The van der Waals surface area contributed by atoms with Gasteiger partial charge in [0.05, 0.1) is 13.2 Å². The van der Waals surface area contributed by atoms with Gasteiger partial charge in [-0.3, -0.25) is 0 Å². The molecule has 2 heterocycles. The van der Waals surface area contributed by atoms with Crippen molar-refractivity contribution in [3.63, 3.8) is 0 Å². The highest BCUT2D eigenvalue weighted by atomic mass is 79.9. The average molecular weight is 298 g/mol. The Hall–Kier alpha value is -0.420. The van der Waals surface area contributed by atoms with Gasteiger partial charge >= 0.3 is 0 Å². The molecule has 2 aliphatic rings. The van der Waals surface area contributed by atoms with Crippen LogP contribution < -0.4 is 5.32 Å². The van der Waals surface area contributed by atoms with Crippen molar-refractivity contribution < 1.29 is 9.47 Å². The lowest BCUT2D eigenvalue weighted by atomic mass is 10.1. The zero-order valence-corrected chi connectivity index (χ0v) is 11.3. The fraction of sp³-hybridized carbons (Fsp3) is 0.538. The molecular formula is C13H16BrNO2. The molecule has 3 rings (SSSR count). The van der Waals surface area contributed by atoms with Gasteiger partial charge in [0.2, 0.25) is 0 Å². The van der Waals surface area contributed by atoms with Crippen LogP contribution in [0.1, 0.15) is 24.0 Å². The molecule has 1 aromatic rings. The van der Waals surface area contributed by atoms with Crippen molar-refractivity contribution in [1.29, 1.82) is 0 Å². The Balaban J connectivity index is 1.82. The Morgan fingerprint density at radius 3 is 2.76 bits per heavy atom. The van der Waals surface area contributed by atoms with E-state index in [1.807, 2.05) is 0 Å². The highest BCUT2D eigenvalue weighted by Crippen LogP contribution is 2.30. The van der Waals surface area contributed by atoms with Crippen LogP contribution in [0.3, 0.4) is 0 Å². The molecule has 0 bridgehead atoms. The zero-order valence-electron chi connectivity index (χ0n) is 9.67. The first kappa shape index (κ1) is 11.7. The summed E-state index contributed by atoms with van der Waals surface area (Å²) in [6, 6.07) is 6.28. The minimum Gasteiger partial charge on any atom is -0.344 e. The summed E-state index contributed by atoms with van der Waals surface area (Å²) in [6.07, 6.45) is 2.09. The van der Waals surface area contributed by atoms with Gasteiger partial charge in [0, 0.05) is 17.4 Å². The van der Waals surface area contributed by atoms with Crippen LogP contribution >= 0.6 is 15.9 Å². The van der Waals surface area contributed by atoms with Gasteiger partial charge in [-0.2, -0.15) is 0 Å². The van der Waals surface area contributed by atoms with Gasteiger partial charge in [-0.05, 0) is 36.2 Å². The van der Waals surface area contributed by atoms with Crippen LogP contribution in [-0.4, -0.2) is 18.9 Å². The van der Waals surface area contributed by atoms with Gasteiger partial charge in [-0.25, -0.2) is 0 Å². The molecule has 92 valence electrons. The van der Waals surface area contributed by atoms with E-state index in [4.69, 9.17) is 9.47 Å². The molecule has 1 unspecified atom stereocenters. The lowest BCUT2D eigenvalue weighted by Gasteiger charge is -2.35. The molecular weight excluding hydrogens is 282 g/mol. The number of fused-ring (bicyclic) bond motifs is 1. The maximum atomic E-state index is 6.01. The Morgan fingerprint density at radius 2 is 2.00 bits per heavy atom. The molecule has 1 spiro atoms. The average Bonchev–Trinajstić information content (AvgIpc) is 2.52. The summed E-state index contributed by atoms with van der Waals surface area (Å²) in [5, 5.41) is 3.35. The number of nitrogens with one attached hydrogen (secondary N) is 1. The van der Waals surface area contributed by atoms with Crippen LogP contribution in [0.5, 0.6) is 0 Å². The monoisotopic (exact) mass is 297 g/mol. The molecule has 1 fully saturated rings.